The minimum Gasteiger partial charge on any atom is -0.325 e. The van der Waals surface area contributed by atoms with Crippen molar-refractivity contribution in [3.05, 3.63) is 75.8 Å². The standard InChI is InChI=1S/C21H18FN5O2S/c1-12-3-8-16(9-13(12)2)23-19(28)11-30-21-25-24-20(29)18-10-17(26-27(18)21)14-4-6-15(22)7-5-14/h3-10H,11H2,1-2H3,(H,23,28)(H,24,29). The number of thioether (sulfide) groups is 1. The topological polar surface area (TPSA) is 92.1 Å². The number of anilines is 1. The summed E-state index contributed by atoms with van der Waals surface area (Å²) in [5, 5.41) is 14.1. The van der Waals surface area contributed by atoms with E-state index in [1.54, 1.807) is 18.2 Å². The lowest BCUT2D eigenvalue weighted by molar-refractivity contribution is -0.113. The fourth-order valence-electron chi connectivity index (χ4n) is 2.89. The zero-order valence-corrected chi connectivity index (χ0v) is 17.1. The van der Waals surface area contributed by atoms with E-state index in [1.807, 2.05) is 32.0 Å². The Morgan fingerprint density at radius 3 is 2.63 bits per heavy atom. The molecule has 0 aliphatic rings. The summed E-state index contributed by atoms with van der Waals surface area (Å²) in [6.07, 6.45) is 0. The number of halogens is 1. The number of H-pyrrole nitrogens is 1. The van der Waals surface area contributed by atoms with Gasteiger partial charge < -0.3 is 5.32 Å². The van der Waals surface area contributed by atoms with Crippen molar-refractivity contribution in [1.82, 2.24) is 19.8 Å². The SMILES string of the molecule is Cc1ccc(NC(=O)CSc2n[nH]c(=O)c3cc(-c4ccc(F)cc4)nn23)cc1C. The van der Waals surface area contributed by atoms with Crippen LogP contribution in [0.25, 0.3) is 16.8 Å². The van der Waals surface area contributed by atoms with E-state index in [-0.39, 0.29) is 17.5 Å². The molecule has 1 amide bonds. The molecular formula is C21H18FN5O2S. The number of benzene rings is 2. The maximum absolute atomic E-state index is 13.2. The van der Waals surface area contributed by atoms with Crippen molar-refractivity contribution < 1.29 is 9.18 Å². The van der Waals surface area contributed by atoms with E-state index in [2.05, 4.69) is 20.6 Å². The fourth-order valence-corrected chi connectivity index (χ4v) is 3.60. The molecule has 0 aliphatic heterocycles. The van der Waals surface area contributed by atoms with E-state index in [0.717, 1.165) is 28.6 Å². The van der Waals surface area contributed by atoms with Gasteiger partial charge in [-0.15, -0.1) is 5.10 Å². The van der Waals surface area contributed by atoms with Crippen molar-refractivity contribution in [1.29, 1.82) is 0 Å². The number of aromatic amines is 1. The number of carbonyl (C=O) groups excluding carboxylic acids is 1. The molecule has 0 aliphatic carbocycles. The molecule has 4 aromatic rings. The lowest BCUT2D eigenvalue weighted by atomic mass is 10.1. The highest BCUT2D eigenvalue weighted by Crippen LogP contribution is 2.22. The predicted octanol–water partition coefficient (Wildman–Crippen LogP) is 3.57. The largest absolute Gasteiger partial charge is 0.325 e. The first-order valence-corrected chi connectivity index (χ1v) is 10.1. The molecule has 30 heavy (non-hydrogen) atoms. The zero-order chi connectivity index (χ0) is 21.3. The van der Waals surface area contributed by atoms with Gasteiger partial charge in [-0.05, 0) is 67.4 Å². The minimum atomic E-state index is -0.403. The molecule has 0 spiro atoms. The second-order valence-electron chi connectivity index (χ2n) is 6.80. The smallest absolute Gasteiger partial charge is 0.290 e. The zero-order valence-electron chi connectivity index (χ0n) is 16.3. The number of nitrogens with zero attached hydrogens (tertiary/aromatic N) is 3. The Bertz CT molecular complexity index is 1300. The van der Waals surface area contributed by atoms with Crippen LogP contribution < -0.4 is 10.9 Å². The van der Waals surface area contributed by atoms with Gasteiger partial charge in [0, 0.05) is 11.3 Å². The van der Waals surface area contributed by atoms with Crippen LogP contribution >= 0.6 is 11.8 Å². The van der Waals surface area contributed by atoms with Gasteiger partial charge in [0.05, 0.1) is 11.4 Å². The summed E-state index contributed by atoms with van der Waals surface area (Å²) in [7, 11) is 0. The van der Waals surface area contributed by atoms with Crippen LogP contribution in [0.5, 0.6) is 0 Å². The minimum absolute atomic E-state index is 0.0901. The Labute approximate surface area is 175 Å². The van der Waals surface area contributed by atoms with E-state index >= 15 is 0 Å². The predicted molar refractivity (Wildman–Crippen MR) is 114 cm³/mol. The van der Waals surface area contributed by atoms with Crippen LogP contribution in [0.2, 0.25) is 0 Å². The molecule has 0 radical (unpaired) electrons. The molecule has 0 unspecified atom stereocenters. The molecule has 0 saturated carbocycles. The first kappa shape index (κ1) is 19.8. The molecule has 0 saturated heterocycles. The van der Waals surface area contributed by atoms with Crippen LogP contribution in [0.15, 0.2) is 58.5 Å². The number of nitrogens with one attached hydrogen (secondary N) is 2. The fraction of sp³-hybridized carbons (Fsp3) is 0.143. The van der Waals surface area contributed by atoms with Gasteiger partial charge in [0.1, 0.15) is 11.3 Å². The molecule has 0 fully saturated rings. The highest BCUT2D eigenvalue weighted by atomic mass is 32.2. The van der Waals surface area contributed by atoms with Crippen LogP contribution in [0.1, 0.15) is 11.1 Å². The number of hydrogen-bond acceptors (Lipinski definition) is 5. The molecule has 0 atom stereocenters. The van der Waals surface area contributed by atoms with E-state index in [4.69, 9.17) is 0 Å². The van der Waals surface area contributed by atoms with E-state index in [1.165, 1.54) is 16.6 Å². The monoisotopic (exact) mass is 423 g/mol. The second-order valence-corrected chi connectivity index (χ2v) is 7.75. The normalized spacial score (nSPS) is 11.0. The van der Waals surface area contributed by atoms with Gasteiger partial charge in [0.2, 0.25) is 11.1 Å². The van der Waals surface area contributed by atoms with Crippen molar-refractivity contribution >= 4 is 28.9 Å². The molecular weight excluding hydrogens is 405 g/mol. The first-order valence-electron chi connectivity index (χ1n) is 9.15. The third-order valence-corrected chi connectivity index (χ3v) is 5.57. The van der Waals surface area contributed by atoms with Crippen molar-refractivity contribution in [2.75, 3.05) is 11.1 Å². The van der Waals surface area contributed by atoms with Crippen LogP contribution in [0, 0.1) is 19.7 Å². The maximum atomic E-state index is 13.2. The summed E-state index contributed by atoms with van der Waals surface area (Å²) in [5.74, 6) is -0.462. The number of aryl methyl sites for hydroxylation is 2. The number of fused-ring (bicyclic) bond motifs is 1. The first-order chi connectivity index (χ1) is 14.4. The maximum Gasteiger partial charge on any atom is 0.290 e. The number of hydrogen-bond donors (Lipinski definition) is 2. The van der Waals surface area contributed by atoms with E-state index in [0.29, 0.717) is 21.9 Å². The molecule has 2 N–H and O–H groups in total. The number of rotatable bonds is 5. The Morgan fingerprint density at radius 1 is 1.13 bits per heavy atom. The van der Waals surface area contributed by atoms with Gasteiger partial charge in [-0.25, -0.2) is 14.0 Å². The highest BCUT2D eigenvalue weighted by molar-refractivity contribution is 7.99. The van der Waals surface area contributed by atoms with Gasteiger partial charge in [-0.1, -0.05) is 17.8 Å². The van der Waals surface area contributed by atoms with Crippen LogP contribution in [-0.2, 0) is 4.79 Å². The third kappa shape index (κ3) is 4.11. The Kier molecular flexibility index (Phi) is 5.37. The third-order valence-electron chi connectivity index (χ3n) is 4.64. The van der Waals surface area contributed by atoms with Crippen LogP contribution in [0.4, 0.5) is 10.1 Å². The van der Waals surface area contributed by atoms with Gasteiger partial charge in [0.15, 0.2) is 0 Å². The molecule has 0 bridgehead atoms. The van der Waals surface area contributed by atoms with Crippen molar-refractivity contribution in [3.63, 3.8) is 0 Å². The second kappa shape index (κ2) is 8.11. The average molecular weight is 423 g/mol. The highest BCUT2D eigenvalue weighted by Gasteiger charge is 2.14. The summed E-state index contributed by atoms with van der Waals surface area (Å²) < 4.78 is 14.6. The molecule has 152 valence electrons. The van der Waals surface area contributed by atoms with E-state index in [9.17, 15) is 14.0 Å². The van der Waals surface area contributed by atoms with Crippen LogP contribution in [-0.4, -0.2) is 31.5 Å². The molecule has 2 heterocycles. The Hall–Kier alpha value is -3.46. The summed E-state index contributed by atoms with van der Waals surface area (Å²) in [4.78, 5) is 24.5. The van der Waals surface area contributed by atoms with Gasteiger partial charge in [-0.3, -0.25) is 9.59 Å². The average Bonchev–Trinajstić information content (AvgIpc) is 3.17. The summed E-state index contributed by atoms with van der Waals surface area (Å²) in [6.45, 7) is 3.99. The quantitative estimate of drug-likeness (QED) is 0.479. The van der Waals surface area contributed by atoms with Gasteiger partial charge in [0.25, 0.3) is 5.56 Å². The number of carbonyl (C=O) groups is 1. The molecule has 2 aromatic carbocycles. The summed E-state index contributed by atoms with van der Waals surface area (Å²) >= 11 is 1.15. The van der Waals surface area contributed by atoms with Crippen molar-refractivity contribution in [3.8, 4) is 11.3 Å². The van der Waals surface area contributed by atoms with E-state index < -0.39 is 5.56 Å². The Balaban J connectivity index is 1.54. The lowest BCUT2D eigenvalue weighted by Gasteiger charge is -2.07. The molecule has 7 nitrogen and oxygen atoms in total. The molecule has 4 rings (SSSR count). The van der Waals surface area contributed by atoms with Gasteiger partial charge >= 0.3 is 0 Å². The number of amides is 1. The Morgan fingerprint density at radius 2 is 1.90 bits per heavy atom. The lowest BCUT2D eigenvalue weighted by Crippen LogP contribution is -2.17. The number of aromatic nitrogens is 4. The van der Waals surface area contributed by atoms with Gasteiger partial charge in [-0.2, -0.15) is 5.10 Å². The molecule has 9 heteroatoms. The molecule has 2 aromatic heterocycles. The van der Waals surface area contributed by atoms with Crippen LogP contribution in [0.3, 0.4) is 0 Å². The van der Waals surface area contributed by atoms with Crippen molar-refractivity contribution in [2.45, 2.75) is 19.0 Å². The summed E-state index contributed by atoms with van der Waals surface area (Å²) in [5.41, 5.74) is 4.03. The summed E-state index contributed by atoms with van der Waals surface area (Å²) in [6, 6.07) is 13.1. The van der Waals surface area contributed by atoms with Crippen molar-refractivity contribution in [2.24, 2.45) is 0 Å².